The number of carboxylic acid groups (broad SMARTS) is 1. The molecule has 5 heteroatoms. The van der Waals surface area contributed by atoms with E-state index in [1.807, 2.05) is 12.1 Å². The molecule has 16 heavy (non-hydrogen) atoms. The van der Waals surface area contributed by atoms with Gasteiger partial charge in [-0.05, 0) is 11.6 Å². The minimum Gasteiger partial charge on any atom is -0.478 e. The highest BCUT2D eigenvalue weighted by Gasteiger charge is 2.07. The first-order chi connectivity index (χ1) is 7.25. The standard InChI is InChI=1S/C11H15NO3.ClH/c1-15-7-6-12-8-9-4-2-3-5-10(9)11(13)14;/h2-5,12H,6-8H2,1H3,(H,13,14);1H. The molecule has 0 spiro atoms. The summed E-state index contributed by atoms with van der Waals surface area (Å²) in [5.41, 5.74) is 1.14. The van der Waals surface area contributed by atoms with Gasteiger partial charge >= 0.3 is 5.97 Å². The number of aromatic carboxylic acids is 1. The van der Waals surface area contributed by atoms with Gasteiger partial charge in [-0.15, -0.1) is 12.4 Å². The number of methoxy groups -OCH3 is 1. The second-order valence-corrected chi connectivity index (χ2v) is 3.13. The number of halogens is 1. The quantitative estimate of drug-likeness (QED) is 0.747. The van der Waals surface area contributed by atoms with Crippen LogP contribution in [0.5, 0.6) is 0 Å². The Morgan fingerprint density at radius 2 is 2.12 bits per heavy atom. The summed E-state index contributed by atoms with van der Waals surface area (Å²) >= 11 is 0. The van der Waals surface area contributed by atoms with Crippen molar-refractivity contribution in [1.29, 1.82) is 0 Å². The van der Waals surface area contributed by atoms with E-state index < -0.39 is 5.97 Å². The lowest BCUT2D eigenvalue weighted by molar-refractivity contribution is 0.0695. The molecule has 1 rings (SSSR count). The number of rotatable bonds is 6. The van der Waals surface area contributed by atoms with Crippen molar-refractivity contribution in [2.24, 2.45) is 0 Å². The van der Waals surface area contributed by atoms with Crippen LogP contribution in [-0.2, 0) is 11.3 Å². The average molecular weight is 246 g/mol. The summed E-state index contributed by atoms with van der Waals surface area (Å²) in [7, 11) is 1.63. The van der Waals surface area contributed by atoms with E-state index in [2.05, 4.69) is 5.32 Å². The molecule has 0 unspecified atom stereocenters. The first kappa shape index (κ1) is 14.9. The molecule has 0 aliphatic heterocycles. The van der Waals surface area contributed by atoms with Gasteiger partial charge in [-0.1, -0.05) is 18.2 Å². The summed E-state index contributed by atoms with van der Waals surface area (Å²) in [6, 6.07) is 6.97. The molecule has 0 saturated carbocycles. The van der Waals surface area contributed by atoms with Gasteiger partial charge < -0.3 is 15.2 Å². The van der Waals surface area contributed by atoms with E-state index in [4.69, 9.17) is 9.84 Å². The van der Waals surface area contributed by atoms with Crippen LogP contribution in [0.15, 0.2) is 24.3 Å². The molecule has 0 fully saturated rings. The highest BCUT2D eigenvalue weighted by atomic mass is 35.5. The van der Waals surface area contributed by atoms with E-state index in [-0.39, 0.29) is 12.4 Å². The highest BCUT2D eigenvalue weighted by molar-refractivity contribution is 5.89. The Morgan fingerprint density at radius 1 is 1.44 bits per heavy atom. The van der Waals surface area contributed by atoms with Gasteiger partial charge in [0.15, 0.2) is 0 Å². The third-order valence-electron chi connectivity index (χ3n) is 2.05. The van der Waals surface area contributed by atoms with Crippen molar-refractivity contribution < 1.29 is 14.6 Å². The molecule has 4 nitrogen and oxygen atoms in total. The molecule has 0 aliphatic rings. The maximum Gasteiger partial charge on any atom is 0.336 e. The number of carboxylic acids is 1. The molecule has 0 radical (unpaired) electrons. The number of hydrogen-bond acceptors (Lipinski definition) is 3. The van der Waals surface area contributed by atoms with Crippen LogP contribution in [-0.4, -0.2) is 31.3 Å². The summed E-state index contributed by atoms with van der Waals surface area (Å²) in [6.45, 7) is 1.88. The molecule has 2 N–H and O–H groups in total. The average Bonchev–Trinajstić information content (AvgIpc) is 2.25. The Morgan fingerprint density at radius 3 is 2.75 bits per heavy atom. The normalized spacial score (nSPS) is 9.56. The molecule has 0 aliphatic carbocycles. The molecule has 90 valence electrons. The smallest absolute Gasteiger partial charge is 0.336 e. The van der Waals surface area contributed by atoms with Crippen LogP contribution in [0.2, 0.25) is 0 Å². The molecule has 1 aromatic rings. The van der Waals surface area contributed by atoms with Gasteiger partial charge in [0.05, 0.1) is 12.2 Å². The van der Waals surface area contributed by atoms with Gasteiger partial charge in [-0.2, -0.15) is 0 Å². The fourth-order valence-electron chi connectivity index (χ4n) is 1.28. The summed E-state index contributed by atoms with van der Waals surface area (Å²) < 4.78 is 4.88. The zero-order valence-electron chi connectivity index (χ0n) is 9.10. The third kappa shape index (κ3) is 4.61. The van der Waals surface area contributed by atoms with Crippen molar-refractivity contribution in [3.8, 4) is 0 Å². The fourth-order valence-corrected chi connectivity index (χ4v) is 1.28. The van der Waals surface area contributed by atoms with Crippen LogP contribution in [0.4, 0.5) is 0 Å². The lowest BCUT2D eigenvalue weighted by Gasteiger charge is -2.06. The lowest BCUT2D eigenvalue weighted by atomic mass is 10.1. The molecule has 0 saturated heterocycles. The van der Waals surface area contributed by atoms with Gasteiger partial charge in [0.2, 0.25) is 0 Å². The van der Waals surface area contributed by atoms with Gasteiger partial charge in [0.1, 0.15) is 0 Å². The first-order valence-corrected chi connectivity index (χ1v) is 4.76. The van der Waals surface area contributed by atoms with E-state index in [1.165, 1.54) is 0 Å². The number of hydrogen-bond donors (Lipinski definition) is 2. The van der Waals surface area contributed by atoms with Gasteiger partial charge in [0.25, 0.3) is 0 Å². The molecular weight excluding hydrogens is 230 g/mol. The second kappa shape index (κ2) is 8.10. The Kier molecular flexibility index (Phi) is 7.54. The second-order valence-electron chi connectivity index (χ2n) is 3.13. The van der Waals surface area contributed by atoms with Crippen LogP contribution in [0.25, 0.3) is 0 Å². The Hall–Kier alpha value is -1.10. The predicted octanol–water partition coefficient (Wildman–Crippen LogP) is 1.54. The van der Waals surface area contributed by atoms with Crippen molar-refractivity contribution in [3.05, 3.63) is 35.4 Å². The van der Waals surface area contributed by atoms with Crippen LogP contribution < -0.4 is 5.32 Å². The Balaban J connectivity index is 0.00000225. The number of ether oxygens (including phenoxy) is 1. The van der Waals surface area contributed by atoms with Crippen LogP contribution in [0.3, 0.4) is 0 Å². The van der Waals surface area contributed by atoms with Gasteiger partial charge in [0, 0.05) is 20.2 Å². The predicted molar refractivity (Wildman–Crippen MR) is 64.2 cm³/mol. The highest BCUT2D eigenvalue weighted by Crippen LogP contribution is 2.07. The van der Waals surface area contributed by atoms with Crippen LogP contribution in [0, 0.1) is 0 Å². The monoisotopic (exact) mass is 245 g/mol. The van der Waals surface area contributed by atoms with E-state index in [0.29, 0.717) is 25.3 Å². The first-order valence-electron chi connectivity index (χ1n) is 4.76. The lowest BCUT2D eigenvalue weighted by Crippen LogP contribution is -2.20. The van der Waals surface area contributed by atoms with E-state index in [1.54, 1.807) is 19.2 Å². The molecular formula is C11H16ClNO3. The minimum absolute atomic E-state index is 0. The summed E-state index contributed by atoms with van der Waals surface area (Å²) in [5, 5.41) is 12.0. The number of benzene rings is 1. The maximum atomic E-state index is 10.9. The van der Waals surface area contributed by atoms with Crippen LogP contribution in [0.1, 0.15) is 15.9 Å². The minimum atomic E-state index is -0.890. The summed E-state index contributed by atoms with van der Waals surface area (Å²) in [5.74, 6) is -0.890. The van der Waals surface area contributed by atoms with Gasteiger partial charge in [-0.3, -0.25) is 0 Å². The van der Waals surface area contributed by atoms with Crippen molar-refractivity contribution in [2.45, 2.75) is 6.54 Å². The largest absolute Gasteiger partial charge is 0.478 e. The molecule has 0 amide bonds. The van der Waals surface area contributed by atoms with Crippen molar-refractivity contribution in [3.63, 3.8) is 0 Å². The number of carbonyl (C=O) groups is 1. The van der Waals surface area contributed by atoms with E-state index in [0.717, 1.165) is 5.56 Å². The third-order valence-corrected chi connectivity index (χ3v) is 2.05. The molecule has 0 heterocycles. The molecule has 0 bridgehead atoms. The fraction of sp³-hybridized carbons (Fsp3) is 0.364. The van der Waals surface area contributed by atoms with E-state index >= 15 is 0 Å². The van der Waals surface area contributed by atoms with Crippen molar-refractivity contribution >= 4 is 18.4 Å². The maximum absolute atomic E-state index is 10.9. The Bertz CT molecular complexity index is 331. The van der Waals surface area contributed by atoms with Crippen LogP contribution >= 0.6 is 12.4 Å². The number of nitrogens with one attached hydrogen (secondary N) is 1. The zero-order chi connectivity index (χ0) is 11.1. The molecule has 0 atom stereocenters. The van der Waals surface area contributed by atoms with Gasteiger partial charge in [-0.25, -0.2) is 4.79 Å². The molecule has 1 aromatic carbocycles. The zero-order valence-corrected chi connectivity index (χ0v) is 9.92. The SMILES string of the molecule is COCCNCc1ccccc1C(=O)O.Cl. The van der Waals surface area contributed by atoms with E-state index in [9.17, 15) is 4.79 Å². The topological polar surface area (TPSA) is 58.6 Å². The summed E-state index contributed by atoms with van der Waals surface area (Å²) in [6.07, 6.45) is 0. The Labute approximate surface area is 101 Å². The van der Waals surface area contributed by atoms with Crippen molar-refractivity contribution in [2.75, 3.05) is 20.3 Å². The molecule has 0 aromatic heterocycles. The van der Waals surface area contributed by atoms with Crippen molar-refractivity contribution in [1.82, 2.24) is 5.32 Å². The summed E-state index contributed by atoms with van der Waals surface area (Å²) in [4.78, 5) is 10.9.